The van der Waals surface area contributed by atoms with Crippen molar-refractivity contribution >= 4 is 35.2 Å². The smallest absolute Gasteiger partial charge is 0.264 e. The standard InChI is InChI=1S/C37H57N3O12/c1-2-3-4-7-15-46-17-19-48-21-23-50-25-27-52-28-26-51-24-22-49-20-18-47-16-8-5-6-12-32(41)38-30-11-9-10-29-34(30)37(45)40(36(29)44)31-13-14-33(42)39-35(31)43/h9-11,31H,2-8,12-28H2,1H3,(H,38,41)(H,39,42,43). The van der Waals surface area contributed by atoms with Crippen molar-refractivity contribution in [1.82, 2.24) is 10.2 Å². The second-order valence-corrected chi connectivity index (χ2v) is 12.4. The number of nitrogens with zero attached hydrogens (tertiary/aromatic N) is 1. The Morgan fingerprint density at radius 3 is 1.67 bits per heavy atom. The molecule has 1 aromatic rings. The highest BCUT2D eigenvalue weighted by molar-refractivity contribution is 6.26. The highest BCUT2D eigenvalue weighted by Gasteiger charge is 2.45. The molecule has 52 heavy (non-hydrogen) atoms. The molecule has 15 nitrogen and oxygen atoms in total. The summed E-state index contributed by atoms with van der Waals surface area (Å²) in [6, 6.07) is 3.55. The number of benzene rings is 1. The van der Waals surface area contributed by atoms with E-state index in [1.807, 2.05) is 0 Å². The van der Waals surface area contributed by atoms with Gasteiger partial charge in [0.05, 0.1) is 96.1 Å². The van der Waals surface area contributed by atoms with Gasteiger partial charge in [0.2, 0.25) is 17.7 Å². The molecule has 1 unspecified atom stereocenters. The van der Waals surface area contributed by atoms with E-state index in [1.54, 1.807) is 12.1 Å². The van der Waals surface area contributed by atoms with Gasteiger partial charge in [-0.05, 0) is 37.8 Å². The Labute approximate surface area is 306 Å². The molecule has 3 rings (SSSR count). The van der Waals surface area contributed by atoms with E-state index in [0.717, 1.165) is 30.8 Å². The van der Waals surface area contributed by atoms with Gasteiger partial charge in [-0.25, -0.2) is 0 Å². The fourth-order valence-corrected chi connectivity index (χ4v) is 5.55. The van der Waals surface area contributed by atoms with E-state index < -0.39 is 29.7 Å². The number of hydrogen-bond donors (Lipinski definition) is 2. The van der Waals surface area contributed by atoms with Gasteiger partial charge in [0.25, 0.3) is 11.8 Å². The fourth-order valence-electron chi connectivity index (χ4n) is 5.55. The van der Waals surface area contributed by atoms with Crippen molar-refractivity contribution in [3.05, 3.63) is 29.3 Å². The Kier molecular flexibility index (Phi) is 21.9. The van der Waals surface area contributed by atoms with E-state index in [-0.39, 0.29) is 42.0 Å². The average molecular weight is 736 g/mol. The Bertz CT molecular complexity index is 1250. The molecule has 1 atom stereocenters. The predicted octanol–water partition coefficient (Wildman–Crippen LogP) is 3.28. The van der Waals surface area contributed by atoms with Crippen LogP contribution in [-0.2, 0) is 47.5 Å². The van der Waals surface area contributed by atoms with Crippen molar-refractivity contribution in [3.8, 4) is 0 Å². The highest BCUT2D eigenvalue weighted by atomic mass is 16.6. The van der Waals surface area contributed by atoms with E-state index in [0.29, 0.717) is 92.3 Å². The van der Waals surface area contributed by atoms with E-state index in [1.165, 1.54) is 25.3 Å². The summed E-state index contributed by atoms with van der Waals surface area (Å²) in [5, 5.41) is 4.91. The molecule has 15 heteroatoms. The quantitative estimate of drug-likeness (QED) is 0.0842. The predicted molar refractivity (Wildman–Crippen MR) is 190 cm³/mol. The molecule has 0 aromatic heterocycles. The normalized spacial score (nSPS) is 15.7. The zero-order valence-corrected chi connectivity index (χ0v) is 30.6. The summed E-state index contributed by atoms with van der Waals surface area (Å²) < 4.78 is 38.6. The van der Waals surface area contributed by atoms with Crippen molar-refractivity contribution < 1.29 is 57.1 Å². The number of anilines is 1. The number of imide groups is 2. The Hall–Kier alpha value is -3.31. The first-order chi connectivity index (χ1) is 25.4. The molecule has 2 heterocycles. The molecular formula is C37H57N3O12. The summed E-state index contributed by atoms with van der Waals surface area (Å²) in [5.74, 6) is -2.69. The number of fused-ring (bicyclic) bond motifs is 1. The number of hydrogen-bond acceptors (Lipinski definition) is 12. The minimum absolute atomic E-state index is 0.0327. The molecule has 1 saturated heterocycles. The Morgan fingerprint density at radius 2 is 1.17 bits per heavy atom. The molecule has 0 spiro atoms. The van der Waals surface area contributed by atoms with E-state index in [4.69, 9.17) is 33.2 Å². The average Bonchev–Trinajstić information content (AvgIpc) is 3.38. The Balaban J connectivity index is 1.08. The first-order valence-corrected chi connectivity index (χ1v) is 18.6. The van der Waals surface area contributed by atoms with Gasteiger partial charge in [0, 0.05) is 26.1 Å². The third-order valence-electron chi connectivity index (χ3n) is 8.31. The second-order valence-electron chi connectivity index (χ2n) is 12.4. The van der Waals surface area contributed by atoms with Gasteiger partial charge in [-0.15, -0.1) is 0 Å². The van der Waals surface area contributed by atoms with Crippen LogP contribution < -0.4 is 10.6 Å². The van der Waals surface area contributed by atoms with Crippen molar-refractivity contribution in [2.24, 2.45) is 0 Å². The molecule has 0 radical (unpaired) electrons. The lowest BCUT2D eigenvalue weighted by atomic mass is 10.0. The van der Waals surface area contributed by atoms with Gasteiger partial charge in [-0.1, -0.05) is 38.7 Å². The number of carbonyl (C=O) groups is 5. The van der Waals surface area contributed by atoms with Gasteiger partial charge in [0.15, 0.2) is 0 Å². The summed E-state index contributed by atoms with van der Waals surface area (Å²) >= 11 is 0. The molecule has 0 saturated carbocycles. The van der Waals surface area contributed by atoms with Gasteiger partial charge >= 0.3 is 0 Å². The lowest BCUT2D eigenvalue weighted by molar-refractivity contribution is -0.136. The van der Waals surface area contributed by atoms with Crippen LogP contribution >= 0.6 is 0 Å². The number of rotatable bonds is 31. The summed E-state index contributed by atoms with van der Waals surface area (Å²) in [6.07, 6.45) is 7.33. The van der Waals surface area contributed by atoms with Gasteiger partial charge < -0.3 is 38.5 Å². The minimum atomic E-state index is -1.07. The molecule has 1 aromatic carbocycles. The molecule has 2 aliphatic rings. The number of unbranched alkanes of at least 4 members (excludes halogenated alkanes) is 5. The molecule has 292 valence electrons. The minimum Gasteiger partial charge on any atom is -0.379 e. The number of amides is 5. The molecule has 0 aliphatic carbocycles. The Morgan fingerprint density at radius 1 is 0.673 bits per heavy atom. The lowest BCUT2D eigenvalue weighted by Gasteiger charge is -2.27. The van der Waals surface area contributed by atoms with Crippen LogP contribution in [0.5, 0.6) is 0 Å². The van der Waals surface area contributed by atoms with Crippen LogP contribution in [0.25, 0.3) is 0 Å². The molecular weight excluding hydrogens is 678 g/mol. The fraction of sp³-hybridized carbons (Fsp3) is 0.703. The summed E-state index contributed by atoms with van der Waals surface area (Å²) in [5.41, 5.74) is 0.397. The molecule has 0 bridgehead atoms. The number of piperidine rings is 1. The number of carbonyl (C=O) groups excluding carboxylic acids is 5. The van der Waals surface area contributed by atoms with Crippen molar-refractivity contribution in [1.29, 1.82) is 0 Å². The molecule has 2 aliphatic heterocycles. The third-order valence-corrected chi connectivity index (χ3v) is 8.31. The second kappa shape index (κ2) is 26.5. The van der Waals surface area contributed by atoms with Crippen LogP contribution in [0.3, 0.4) is 0 Å². The highest BCUT2D eigenvalue weighted by Crippen LogP contribution is 2.32. The van der Waals surface area contributed by atoms with Crippen LogP contribution in [0.15, 0.2) is 18.2 Å². The van der Waals surface area contributed by atoms with Gasteiger partial charge in [-0.3, -0.25) is 34.2 Å². The largest absolute Gasteiger partial charge is 0.379 e. The van der Waals surface area contributed by atoms with E-state index in [9.17, 15) is 24.0 Å². The van der Waals surface area contributed by atoms with Crippen LogP contribution in [0.2, 0.25) is 0 Å². The maximum absolute atomic E-state index is 13.2. The van der Waals surface area contributed by atoms with Crippen molar-refractivity contribution in [2.45, 2.75) is 77.2 Å². The monoisotopic (exact) mass is 735 g/mol. The molecule has 1 fully saturated rings. The third kappa shape index (κ3) is 16.1. The van der Waals surface area contributed by atoms with Crippen LogP contribution in [0, 0.1) is 0 Å². The topological polar surface area (TPSA) is 177 Å². The summed E-state index contributed by atoms with van der Waals surface area (Å²) in [7, 11) is 0. The zero-order valence-electron chi connectivity index (χ0n) is 30.6. The molecule has 5 amide bonds. The van der Waals surface area contributed by atoms with Crippen LogP contribution in [0.4, 0.5) is 5.69 Å². The SMILES string of the molecule is CCCCCCOCCOCCOCCOCCOCCOCCOCCCCCC(=O)Nc1cccc2c1C(=O)N(C1CCC(=O)NC1=O)C2=O. The first-order valence-electron chi connectivity index (χ1n) is 18.6. The summed E-state index contributed by atoms with van der Waals surface area (Å²) in [6.45, 7) is 9.65. The van der Waals surface area contributed by atoms with E-state index >= 15 is 0 Å². The summed E-state index contributed by atoms with van der Waals surface area (Å²) in [4.78, 5) is 63.5. The maximum atomic E-state index is 13.2. The maximum Gasteiger partial charge on any atom is 0.264 e. The van der Waals surface area contributed by atoms with Crippen LogP contribution in [-0.4, -0.2) is 133 Å². The first kappa shape index (κ1) is 43.1. The number of ether oxygens (including phenoxy) is 7. The van der Waals surface area contributed by atoms with E-state index in [2.05, 4.69) is 17.6 Å². The lowest BCUT2D eigenvalue weighted by Crippen LogP contribution is -2.54. The van der Waals surface area contributed by atoms with Crippen molar-refractivity contribution in [3.63, 3.8) is 0 Å². The molecule has 2 N–H and O–H groups in total. The van der Waals surface area contributed by atoms with Crippen molar-refractivity contribution in [2.75, 3.05) is 97.8 Å². The van der Waals surface area contributed by atoms with Gasteiger partial charge in [0.1, 0.15) is 6.04 Å². The van der Waals surface area contributed by atoms with Crippen LogP contribution in [0.1, 0.15) is 91.8 Å². The van der Waals surface area contributed by atoms with Gasteiger partial charge in [-0.2, -0.15) is 0 Å². The number of nitrogens with one attached hydrogen (secondary N) is 2. The zero-order chi connectivity index (χ0) is 37.2.